The summed E-state index contributed by atoms with van der Waals surface area (Å²) in [5.41, 5.74) is -0.106. The molecule has 0 aliphatic carbocycles. The van der Waals surface area contributed by atoms with Gasteiger partial charge in [-0.25, -0.2) is 14.4 Å². The van der Waals surface area contributed by atoms with Crippen molar-refractivity contribution in [2.75, 3.05) is 6.61 Å². The third-order valence-corrected chi connectivity index (χ3v) is 6.65. The van der Waals surface area contributed by atoms with Crippen molar-refractivity contribution in [1.29, 1.82) is 0 Å². The lowest BCUT2D eigenvalue weighted by atomic mass is 10.1. The number of hydrogen-bond acceptors (Lipinski definition) is 7. The van der Waals surface area contributed by atoms with Gasteiger partial charge in [-0.1, -0.05) is 59.0 Å². The third kappa shape index (κ3) is 5.12. The number of aromatic amines is 1. The number of ether oxygens (including phenoxy) is 3. The van der Waals surface area contributed by atoms with Crippen LogP contribution in [0.3, 0.4) is 0 Å². The van der Waals surface area contributed by atoms with Gasteiger partial charge in [-0.3, -0.25) is 14.3 Å². The van der Waals surface area contributed by atoms with Crippen LogP contribution in [0.4, 0.5) is 0 Å². The Kier molecular flexibility index (Phi) is 7.27. The summed E-state index contributed by atoms with van der Waals surface area (Å²) in [6.45, 7) is 1.37. The first-order chi connectivity index (χ1) is 16.3. The second-order valence-electron chi connectivity index (χ2n) is 7.69. The zero-order chi connectivity index (χ0) is 24.2. The Bertz CT molecular complexity index is 1290. The van der Waals surface area contributed by atoms with E-state index in [1.54, 1.807) is 67.6 Å². The van der Waals surface area contributed by atoms with Crippen molar-refractivity contribution in [1.82, 2.24) is 9.55 Å². The van der Waals surface area contributed by atoms with Crippen LogP contribution in [0.25, 0.3) is 0 Å². The van der Waals surface area contributed by atoms with Gasteiger partial charge < -0.3 is 14.2 Å². The number of halogens is 1. The lowest BCUT2D eigenvalue weighted by molar-refractivity contribution is -0.0581. The minimum absolute atomic E-state index is 0.201. The fourth-order valence-corrected chi connectivity index (χ4v) is 4.68. The second-order valence-corrected chi connectivity index (χ2v) is 9.13. The molecule has 4 unspecified atom stereocenters. The van der Waals surface area contributed by atoms with E-state index in [1.165, 1.54) is 10.8 Å². The zero-order valence-electron chi connectivity index (χ0n) is 18.1. The summed E-state index contributed by atoms with van der Waals surface area (Å²) >= 11 is 2.04. The molecule has 1 fully saturated rings. The second kappa shape index (κ2) is 10.3. The molecule has 0 spiro atoms. The number of benzene rings is 2. The fourth-order valence-electron chi connectivity index (χ4n) is 3.55. The van der Waals surface area contributed by atoms with E-state index in [1.807, 2.05) is 22.6 Å². The van der Waals surface area contributed by atoms with Crippen LogP contribution in [0.5, 0.6) is 0 Å². The SMILES string of the molecule is Cc1cn(C2OC(COC(=O)c3ccccc3)C(OC(=O)c3ccccc3)C2I)c(=O)[nH]c1=O. The van der Waals surface area contributed by atoms with E-state index in [0.29, 0.717) is 16.7 Å². The van der Waals surface area contributed by atoms with Crippen molar-refractivity contribution in [3.8, 4) is 0 Å². The number of H-pyrrole nitrogens is 1. The largest absolute Gasteiger partial charge is 0.459 e. The molecule has 0 amide bonds. The average molecular weight is 576 g/mol. The predicted molar refractivity (Wildman–Crippen MR) is 130 cm³/mol. The molecule has 10 heteroatoms. The molecule has 2 heterocycles. The van der Waals surface area contributed by atoms with Gasteiger partial charge in [-0.2, -0.15) is 0 Å². The molecule has 0 bridgehead atoms. The minimum Gasteiger partial charge on any atom is -0.459 e. The lowest BCUT2D eigenvalue weighted by Crippen LogP contribution is -2.38. The van der Waals surface area contributed by atoms with E-state index in [-0.39, 0.29) is 6.61 Å². The fraction of sp³-hybridized carbons (Fsp3) is 0.250. The Hall–Kier alpha value is -3.25. The molecule has 4 atom stereocenters. The van der Waals surface area contributed by atoms with E-state index < -0.39 is 45.5 Å². The molecular formula is C24H21IN2O7. The number of carbonyl (C=O) groups excluding carboxylic acids is 2. The third-order valence-electron chi connectivity index (χ3n) is 5.33. The lowest BCUT2D eigenvalue weighted by Gasteiger charge is -2.20. The van der Waals surface area contributed by atoms with Crippen LogP contribution in [0.2, 0.25) is 0 Å². The van der Waals surface area contributed by atoms with Crippen LogP contribution >= 0.6 is 22.6 Å². The zero-order valence-corrected chi connectivity index (χ0v) is 20.2. The molecule has 1 aliphatic heterocycles. The van der Waals surface area contributed by atoms with Gasteiger partial charge in [-0.15, -0.1) is 0 Å². The summed E-state index contributed by atoms with van der Waals surface area (Å²) < 4.78 is 18.0. The molecule has 4 rings (SSSR count). The van der Waals surface area contributed by atoms with E-state index in [2.05, 4.69) is 4.98 Å². The molecule has 2 aromatic carbocycles. The first kappa shape index (κ1) is 23.9. The number of alkyl halides is 1. The van der Waals surface area contributed by atoms with Crippen LogP contribution in [0.15, 0.2) is 76.4 Å². The number of carbonyl (C=O) groups is 2. The van der Waals surface area contributed by atoms with Crippen LogP contribution in [-0.2, 0) is 14.2 Å². The number of nitrogens with one attached hydrogen (secondary N) is 1. The van der Waals surface area contributed by atoms with Crippen LogP contribution < -0.4 is 11.2 Å². The van der Waals surface area contributed by atoms with Gasteiger partial charge in [-0.05, 0) is 31.2 Å². The average Bonchev–Trinajstić information content (AvgIpc) is 3.15. The number of aromatic nitrogens is 2. The summed E-state index contributed by atoms with van der Waals surface area (Å²) in [4.78, 5) is 51.7. The van der Waals surface area contributed by atoms with Crippen molar-refractivity contribution in [2.24, 2.45) is 0 Å². The highest BCUT2D eigenvalue weighted by Gasteiger charge is 2.47. The van der Waals surface area contributed by atoms with E-state index in [9.17, 15) is 19.2 Å². The van der Waals surface area contributed by atoms with Crippen molar-refractivity contribution in [3.05, 3.63) is 104 Å². The molecule has 1 N–H and O–H groups in total. The summed E-state index contributed by atoms with van der Waals surface area (Å²) in [6, 6.07) is 16.9. The maximum atomic E-state index is 12.8. The Morgan fingerprint density at radius 2 is 1.59 bits per heavy atom. The van der Waals surface area contributed by atoms with Crippen LogP contribution in [-0.4, -0.2) is 44.2 Å². The Balaban J connectivity index is 1.59. The summed E-state index contributed by atoms with van der Waals surface area (Å²) in [7, 11) is 0. The molecule has 0 radical (unpaired) electrons. The van der Waals surface area contributed by atoms with Crippen molar-refractivity contribution in [2.45, 2.75) is 29.3 Å². The quantitative estimate of drug-likeness (QED) is 0.273. The Morgan fingerprint density at radius 3 is 2.21 bits per heavy atom. The van der Waals surface area contributed by atoms with Crippen LogP contribution in [0.1, 0.15) is 32.5 Å². The van der Waals surface area contributed by atoms with Gasteiger partial charge in [0.1, 0.15) is 18.8 Å². The van der Waals surface area contributed by atoms with E-state index >= 15 is 0 Å². The molecule has 1 aliphatic rings. The molecule has 176 valence electrons. The molecule has 1 saturated heterocycles. The summed E-state index contributed by atoms with van der Waals surface area (Å²) in [6.07, 6.45) is -1.14. The number of rotatable bonds is 6. The van der Waals surface area contributed by atoms with Gasteiger partial charge in [0.25, 0.3) is 5.56 Å². The molecular weight excluding hydrogens is 555 g/mol. The molecule has 3 aromatic rings. The van der Waals surface area contributed by atoms with E-state index in [4.69, 9.17) is 14.2 Å². The highest BCUT2D eigenvalue weighted by Crippen LogP contribution is 2.37. The molecule has 0 saturated carbocycles. The Labute approximate surface area is 207 Å². The van der Waals surface area contributed by atoms with Crippen LogP contribution in [0, 0.1) is 6.92 Å². The Morgan fingerprint density at radius 1 is 1.00 bits per heavy atom. The summed E-state index contributed by atoms with van der Waals surface area (Å²) in [5, 5.41) is 0. The highest BCUT2D eigenvalue weighted by molar-refractivity contribution is 14.1. The van der Waals surface area contributed by atoms with E-state index in [0.717, 1.165) is 0 Å². The molecule has 1 aromatic heterocycles. The maximum absolute atomic E-state index is 12.8. The summed E-state index contributed by atoms with van der Waals surface area (Å²) in [5.74, 6) is -1.12. The maximum Gasteiger partial charge on any atom is 0.338 e. The van der Waals surface area contributed by atoms with Gasteiger partial charge in [0.2, 0.25) is 0 Å². The number of aryl methyl sites for hydroxylation is 1. The highest BCUT2D eigenvalue weighted by atomic mass is 127. The number of nitrogens with zero attached hydrogens (tertiary/aromatic N) is 1. The van der Waals surface area contributed by atoms with Crippen molar-refractivity contribution >= 4 is 34.5 Å². The standard InChI is InChI=1S/C24H21IN2O7/c1-14-12-27(24(31)26-20(14)28)21-18(25)19(34-23(30)16-10-6-3-7-11-16)17(33-21)13-32-22(29)15-8-4-2-5-9-15/h2-12,17-19,21H,13H2,1H3,(H,26,28,31). The first-order valence-electron chi connectivity index (χ1n) is 10.4. The minimum atomic E-state index is -0.863. The van der Waals surface area contributed by atoms with Gasteiger partial charge in [0.15, 0.2) is 6.23 Å². The monoisotopic (exact) mass is 576 g/mol. The predicted octanol–water partition coefficient (Wildman–Crippen LogP) is 2.63. The van der Waals surface area contributed by atoms with Crippen molar-refractivity contribution in [3.63, 3.8) is 0 Å². The number of esters is 2. The topological polar surface area (TPSA) is 117 Å². The van der Waals surface area contributed by atoms with Gasteiger partial charge in [0.05, 0.1) is 15.1 Å². The van der Waals surface area contributed by atoms with Gasteiger partial charge in [0, 0.05) is 11.8 Å². The first-order valence-corrected chi connectivity index (χ1v) is 11.7. The molecule has 9 nitrogen and oxygen atoms in total. The van der Waals surface area contributed by atoms with Gasteiger partial charge >= 0.3 is 17.6 Å². The molecule has 34 heavy (non-hydrogen) atoms. The number of hydrogen-bond donors (Lipinski definition) is 1. The van der Waals surface area contributed by atoms with Crippen molar-refractivity contribution < 1.29 is 23.8 Å². The normalized spacial score (nSPS) is 21.7. The smallest absolute Gasteiger partial charge is 0.338 e.